The molecule has 3 N–H and O–H groups in total. The van der Waals surface area contributed by atoms with Crippen molar-refractivity contribution in [3.05, 3.63) is 35.6 Å². The van der Waals surface area contributed by atoms with Gasteiger partial charge in [-0.05, 0) is 36.5 Å². The molecule has 0 saturated heterocycles. The van der Waals surface area contributed by atoms with Gasteiger partial charge in [-0.3, -0.25) is 0 Å². The molecule has 1 unspecified atom stereocenters. The van der Waals surface area contributed by atoms with Gasteiger partial charge in [-0.15, -0.1) is 0 Å². The molecule has 0 amide bonds. The summed E-state index contributed by atoms with van der Waals surface area (Å²) in [5, 5.41) is 9.60. The van der Waals surface area contributed by atoms with Gasteiger partial charge in [0, 0.05) is 12.0 Å². The Bertz CT molecular complexity index is 342. The summed E-state index contributed by atoms with van der Waals surface area (Å²) in [6, 6.07) is 6.58. The van der Waals surface area contributed by atoms with Crippen molar-refractivity contribution in [3.63, 3.8) is 0 Å². The van der Waals surface area contributed by atoms with Crippen LogP contribution in [0.5, 0.6) is 0 Å². The van der Waals surface area contributed by atoms with Crippen molar-refractivity contribution in [1.82, 2.24) is 0 Å². The molecule has 0 spiro atoms. The number of nitrogens with two attached hydrogens (primary N) is 1. The fraction of sp³-hybridized carbons (Fsp3) is 0.538. The Morgan fingerprint density at radius 2 is 2.12 bits per heavy atom. The van der Waals surface area contributed by atoms with Gasteiger partial charge in [0.1, 0.15) is 5.82 Å². The van der Waals surface area contributed by atoms with Gasteiger partial charge in [0.25, 0.3) is 0 Å². The normalized spacial score (nSPS) is 14.6. The Hall–Kier alpha value is -0.580. The van der Waals surface area contributed by atoms with E-state index in [1.54, 1.807) is 30.0 Å². The van der Waals surface area contributed by atoms with Crippen molar-refractivity contribution in [2.75, 3.05) is 25.2 Å². The van der Waals surface area contributed by atoms with E-state index in [-0.39, 0.29) is 19.0 Å². The number of rotatable bonds is 7. The van der Waals surface area contributed by atoms with Gasteiger partial charge in [0.2, 0.25) is 0 Å². The molecular formula is C13H20FNOS. The fourth-order valence-electron chi connectivity index (χ4n) is 2.02. The Labute approximate surface area is 106 Å². The molecule has 0 saturated carbocycles. The standard InChI is InChI=1S/C13H20FNOS/c1-17-8-4-7-13(9-15,10-16)11-5-2-3-6-12(11)14/h2-3,5-6,16H,4,7-10,15H2,1H3. The van der Waals surface area contributed by atoms with Crippen molar-refractivity contribution in [2.45, 2.75) is 18.3 Å². The summed E-state index contributed by atoms with van der Waals surface area (Å²) in [5.74, 6) is 0.715. The van der Waals surface area contributed by atoms with Gasteiger partial charge < -0.3 is 10.8 Å². The van der Waals surface area contributed by atoms with E-state index in [1.165, 1.54) is 6.07 Å². The highest BCUT2D eigenvalue weighted by molar-refractivity contribution is 7.98. The van der Waals surface area contributed by atoms with Gasteiger partial charge >= 0.3 is 0 Å². The molecule has 17 heavy (non-hydrogen) atoms. The highest BCUT2D eigenvalue weighted by Crippen LogP contribution is 2.30. The van der Waals surface area contributed by atoms with Crippen molar-refractivity contribution in [2.24, 2.45) is 5.73 Å². The average molecular weight is 257 g/mol. The van der Waals surface area contributed by atoms with E-state index in [2.05, 4.69) is 0 Å². The first-order valence-electron chi connectivity index (χ1n) is 5.75. The molecule has 0 bridgehead atoms. The summed E-state index contributed by atoms with van der Waals surface area (Å²) < 4.78 is 13.8. The molecule has 1 aromatic rings. The predicted molar refractivity (Wildman–Crippen MR) is 71.8 cm³/mol. The molecule has 0 radical (unpaired) electrons. The maximum Gasteiger partial charge on any atom is 0.127 e. The summed E-state index contributed by atoms with van der Waals surface area (Å²) >= 11 is 1.75. The molecule has 0 aliphatic carbocycles. The van der Waals surface area contributed by atoms with E-state index in [4.69, 9.17) is 5.73 Å². The average Bonchev–Trinajstić information content (AvgIpc) is 2.36. The summed E-state index contributed by atoms with van der Waals surface area (Å²) in [4.78, 5) is 0. The third-order valence-corrected chi connectivity index (χ3v) is 3.84. The highest BCUT2D eigenvalue weighted by Gasteiger charge is 2.31. The molecule has 1 rings (SSSR count). The number of halogens is 1. The Morgan fingerprint density at radius 3 is 2.65 bits per heavy atom. The molecule has 0 aliphatic heterocycles. The predicted octanol–water partition coefficient (Wildman–Crippen LogP) is 2.16. The van der Waals surface area contributed by atoms with Gasteiger partial charge in [-0.1, -0.05) is 18.2 Å². The summed E-state index contributed by atoms with van der Waals surface area (Å²) in [6.07, 6.45) is 3.67. The zero-order valence-corrected chi connectivity index (χ0v) is 11.0. The third kappa shape index (κ3) is 3.44. The minimum absolute atomic E-state index is 0.112. The number of thioether (sulfide) groups is 1. The van der Waals surface area contributed by atoms with Crippen LogP contribution in [0.2, 0.25) is 0 Å². The first-order chi connectivity index (χ1) is 8.20. The number of benzene rings is 1. The molecule has 0 aromatic heterocycles. The Morgan fingerprint density at radius 1 is 1.41 bits per heavy atom. The topological polar surface area (TPSA) is 46.2 Å². The van der Waals surface area contributed by atoms with Crippen LogP contribution in [0, 0.1) is 5.82 Å². The van der Waals surface area contributed by atoms with E-state index < -0.39 is 5.41 Å². The second-order valence-corrected chi connectivity index (χ2v) is 5.20. The minimum atomic E-state index is -0.638. The maximum absolute atomic E-state index is 13.8. The zero-order chi connectivity index (χ0) is 12.7. The lowest BCUT2D eigenvalue weighted by atomic mass is 9.77. The van der Waals surface area contributed by atoms with Crippen LogP contribution in [0.3, 0.4) is 0 Å². The molecule has 2 nitrogen and oxygen atoms in total. The lowest BCUT2D eigenvalue weighted by Crippen LogP contribution is -2.39. The van der Waals surface area contributed by atoms with Gasteiger partial charge in [-0.2, -0.15) is 11.8 Å². The second kappa shape index (κ2) is 6.99. The number of aliphatic hydroxyl groups is 1. The van der Waals surface area contributed by atoms with E-state index in [9.17, 15) is 9.50 Å². The quantitative estimate of drug-likeness (QED) is 0.736. The van der Waals surface area contributed by atoms with Crippen molar-refractivity contribution in [1.29, 1.82) is 0 Å². The first-order valence-corrected chi connectivity index (χ1v) is 7.14. The highest BCUT2D eigenvalue weighted by atomic mass is 32.2. The molecule has 1 aromatic carbocycles. The minimum Gasteiger partial charge on any atom is -0.395 e. The molecule has 0 fully saturated rings. The molecule has 1 atom stereocenters. The molecule has 0 aliphatic rings. The molecule has 96 valence electrons. The van der Waals surface area contributed by atoms with E-state index in [1.807, 2.05) is 6.26 Å². The van der Waals surface area contributed by atoms with Crippen LogP contribution >= 0.6 is 11.8 Å². The van der Waals surface area contributed by atoms with Crippen molar-refractivity contribution in [3.8, 4) is 0 Å². The molecule has 4 heteroatoms. The first kappa shape index (κ1) is 14.5. The Balaban J connectivity index is 2.94. The second-order valence-electron chi connectivity index (χ2n) is 4.22. The van der Waals surface area contributed by atoms with Crippen LogP contribution < -0.4 is 5.73 Å². The van der Waals surface area contributed by atoms with Gasteiger partial charge in [0.15, 0.2) is 0 Å². The fourth-order valence-corrected chi connectivity index (χ4v) is 2.45. The third-order valence-electron chi connectivity index (χ3n) is 3.14. The van der Waals surface area contributed by atoms with E-state index in [0.717, 1.165) is 12.2 Å². The lowest BCUT2D eigenvalue weighted by Gasteiger charge is -2.31. The smallest absolute Gasteiger partial charge is 0.127 e. The molecule has 0 heterocycles. The Kier molecular flexibility index (Phi) is 5.95. The van der Waals surface area contributed by atoms with Crippen LogP contribution in [0.25, 0.3) is 0 Å². The number of hydrogen-bond acceptors (Lipinski definition) is 3. The number of hydrogen-bond donors (Lipinski definition) is 2. The van der Waals surface area contributed by atoms with Crippen LogP contribution in [0.15, 0.2) is 24.3 Å². The van der Waals surface area contributed by atoms with Gasteiger partial charge in [0.05, 0.1) is 6.61 Å². The molecular weight excluding hydrogens is 237 g/mol. The summed E-state index contributed by atoms with van der Waals surface area (Å²) in [6.45, 7) is 0.150. The monoisotopic (exact) mass is 257 g/mol. The van der Waals surface area contributed by atoms with Crippen LogP contribution in [0.4, 0.5) is 4.39 Å². The lowest BCUT2D eigenvalue weighted by molar-refractivity contribution is 0.184. The van der Waals surface area contributed by atoms with E-state index >= 15 is 0 Å². The zero-order valence-electron chi connectivity index (χ0n) is 10.2. The number of aliphatic hydroxyl groups excluding tert-OH is 1. The summed E-state index contributed by atoms with van der Waals surface area (Å²) in [7, 11) is 0. The van der Waals surface area contributed by atoms with Crippen LogP contribution in [-0.4, -0.2) is 30.3 Å². The van der Waals surface area contributed by atoms with Crippen LogP contribution in [0.1, 0.15) is 18.4 Å². The summed E-state index contributed by atoms with van der Waals surface area (Å²) in [5.41, 5.74) is 5.66. The largest absolute Gasteiger partial charge is 0.395 e. The van der Waals surface area contributed by atoms with Crippen molar-refractivity contribution >= 4 is 11.8 Å². The maximum atomic E-state index is 13.8. The van der Waals surface area contributed by atoms with Crippen LogP contribution in [-0.2, 0) is 5.41 Å². The van der Waals surface area contributed by atoms with E-state index in [0.29, 0.717) is 12.0 Å². The van der Waals surface area contributed by atoms with Gasteiger partial charge in [-0.25, -0.2) is 4.39 Å². The van der Waals surface area contributed by atoms with Crippen molar-refractivity contribution < 1.29 is 9.50 Å². The SMILES string of the molecule is CSCCCC(CN)(CO)c1ccccc1F.